The van der Waals surface area contributed by atoms with Crippen LogP contribution in [0, 0.1) is 0 Å². The minimum Gasteiger partial charge on any atom is -0.391 e. The molecule has 4 atom stereocenters. The van der Waals surface area contributed by atoms with E-state index in [1.165, 1.54) is 0 Å². The van der Waals surface area contributed by atoms with Gasteiger partial charge in [-0.05, 0) is 13.8 Å². The van der Waals surface area contributed by atoms with Crippen LogP contribution in [0.4, 0.5) is 0 Å². The van der Waals surface area contributed by atoms with Crippen LogP contribution in [0.15, 0.2) is 0 Å². The second-order valence-electron chi connectivity index (χ2n) is 1.91. The molecule has 0 rings (SSSR count). The summed E-state index contributed by atoms with van der Waals surface area (Å²) in [6, 6.07) is 0. The second-order valence-corrected chi connectivity index (χ2v) is 1.91. The number of rotatable bonds is 8. The summed E-state index contributed by atoms with van der Waals surface area (Å²) in [6.07, 6.45) is -14.5. The maximum Gasteiger partial charge on any atom is 0.211 e. The zero-order chi connectivity index (χ0) is 18.0. The van der Waals surface area contributed by atoms with Crippen molar-refractivity contribution in [2.45, 2.75) is 38.1 Å². The lowest BCUT2D eigenvalue weighted by molar-refractivity contribution is -0.141. The highest BCUT2D eigenvalue weighted by atomic mass is 16.4. The smallest absolute Gasteiger partial charge is 0.211 e. The average Bonchev–Trinajstić information content (AvgIpc) is 2.50. The van der Waals surface area contributed by atoms with Gasteiger partial charge in [0.2, 0.25) is 5.72 Å². The van der Waals surface area contributed by atoms with Gasteiger partial charge in [-0.15, -0.1) is 0 Å². The van der Waals surface area contributed by atoms with Gasteiger partial charge in [-0.3, -0.25) is 4.79 Å². The van der Waals surface area contributed by atoms with Gasteiger partial charge in [0.25, 0.3) is 0 Å². The van der Waals surface area contributed by atoms with Crippen molar-refractivity contribution in [1.82, 2.24) is 0 Å². The van der Waals surface area contributed by atoms with Gasteiger partial charge in [-0.1, -0.05) is 0 Å². The Balaban J connectivity index is 6.53. The molecule has 0 aliphatic heterocycles. The highest BCUT2D eigenvalue weighted by Gasteiger charge is 2.30. The van der Waals surface area contributed by atoms with Gasteiger partial charge in [-0.25, -0.2) is 0 Å². The van der Waals surface area contributed by atoms with Crippen LogP contribution >= 0.6 is 0 Å². The van der Waals surface area contributed by atoms with Gasteiger partial charge < -0.3 is 20.4 Å². The molecule has 0 heterocycles. The van der Waals surface area contributed by atoms with Gasteiger partial charge in [-0.2, -0.15) is 0 Å². The number of ketones is 1. The molecule has 4 N–H and O–H groups in total. The number of carbonyl (C=O) groups is 1. The monoisotopic (exact) mass is 188 g/mol. The molecule has 12 heavy (non-hydrogen) atoms. The summed E-state index contributed by atoms with van der Waals surface area (Å²) in [4.78, 5) is 11.5. The molecular weight excluding hydrogens is 164 g/mol. The van der Waals surface area contributed by atoms with E-state index >= 15 is 0 Å². The molecule has 5 nitrogen and oxygen atoms in total. The van der Waals surface area contributed by atoms with E-state index in [2.05, 4.69) is 20.4 Å². The fraction of sp³-hybridized carbons (Fsp3) is 0.857. The Bertz CT molecular complexity index is 413. The zero-order valence-electron chi connectivity index (χ0n) is 16.1. The Morgan fingerprint density at radius 3 is 2.50 bits per heavy atom. The number of hydrogen-bond acceptors (Lipinski definition) is 5. The largest absolute Gasteiger partial charge is 0.391 e. The first-order valence-electron chi connectivity index (χ1n) is 7.60. The standard InChI is InChI=1S/C7H14O5/c1-3(8)5(10)7(12)6(11)4(2)9/h3,5-8,10-12H,1-2H3/t3-,5-,6-,7+/m0/s1/i1D2,3D,5D,6D,7D,8D,10D,11D,12D. The Morgan fingerprint density at radius 2 is 2.17 bits per heavy atom. The Labute approximate surface area is 84.7 Å². The van der Waals surface area contributed by atoms with E-state index in [9.17, 15) is 4.79 Å². The van der Waals surface area contributed by atoms with Crippen LogP contribution in [0.3, 0.4) is 0 Å². The van der Waals surface area contributed by atoms with Crippen molar-refractivity contribution >= 4 is 5.78 Å². The molecule has 0 unspecified atom stereocenters. The second kappa shape index (κ2) is 4.51. The zero-order valence-corrected chi connectivity index (χ0v) is 6.12. The third-order valence-corrected chi connectivity index (χ3v) is 0.956. The van der Waals surface area contributed by atoms with E-state index in [0.29, 0.717) is 6.92 Å². The van der Waals surface area contributed by atoms with E-state index in [1.807, 2.05) is 0 Å². The molecule has 0 bridgehead atoms. The van der Waals surface area contributed by atoms with Crippen molar-refractivity contribution in [2.75, 3.05) is 0 Å². The topological polar surface area (TPSA) is 98.0 Å². The molecule has 0 aromatic heterocycles. The molecule has 0 aromatic carbocycles. The highest BCUT2D eigenvalue weighted by Crippen LogP contribution is 2.05. The molecule has 0 aliphatic rings. The van der Waals surface area contributed by atoms with Gasteiger partial charge in [0.1, 0.15) is 18.2 Å². The molecule has 0 saturated carbocycles. The van der Waals surface area contributed by atoms with Crippen molar-refractivity contribution in [3.05, 3.63) is 0 Å². The summed E-state index contributed by atoms with van der Waals surface area (Å²) in [5, 5.41) is 15.1. The normalized spacial score (nSPS) is 43.5. The first kappa shape index (κ1) is 3.02. The van der Waals surface area contributed by atoms with E-state index in [0.717, 1.165) is 0 Å². The quantitative estimate of drug-likeness (QED) is 0.354. The molecule has 0 aliphatic carbocycles. The summed E-state index contributed by atoms with van der Waals surface area (Å²) >= 11 is 0. The van der Waals surface area contributed by atoms with Gasteiger partial charge in [0, 0.05) is 2.74 Å². The number of carbonyl (C=O) groups excluding carboxylic acids is 1. The molecule has 0 amide bonds. The third kappa shape index (κ3) is 2.86. The summed E-state index contributed by atoms with van der Waals surface area (Å²) < 4.78 is 72.3. The van der Waals surface area contributed by atoms with Gasteiger partial charge >= 0.3 is 0 Å². The van der Waals surface area contributed by atoms with Crippen LogP contribution in [0.2, 0.25) is 0 Å². The van der Waals surface area contributed by atoms with Crippen molar-refractivity contribution in [3.63, 3.8) is 0 Å². The van der Waals surface area contributed by atoms with Crippen LogP contribution in [-0.4, -0.2) is 56.3 Å². The fourth-order valence-corrected chi connectivity index (χ4v) is 0.375. The summed E-state index contributed by atoms with van der Waals surface area (Å²) in [5.41, 5.74) is 0. The van der Waals surface area contributed by atoms with Gasteiger partial charge in [0.05, 0.1) is 11.6 Å². The van der Waals surface area contributed by atoms with Crippen LogP contribution in [0.5, 0.6) is 0 Å². The van der Waals surface area contributed by atoms with Crippen molar-refractivity contribution in [3.8, 4) is 0 Å². The molecule has 0 aromatic rings. The SMILES string of the molecule is [2H]O[C@]([2H])([C@@]([2H])(O[2H])[C@@]([2H])(O[2H])C([2H])[2H])[C@@]([2H])(O[2H])C(C)=O. The number of aliphatic hydroxyl groups is 4. The Kier molecular flexibility index (Phi) is 1.14. The predicted octanol–water partition coefficient (Wildman–Crippen LogP) is -1.96. The Morgan fingerprint density at radius 1 is 1.42 bits per heavy atom. The maximum absolute atomic E-state index is 11.5. The van der Waals surface area contributed by atoms with Crippen LogP contribution in [0.25, 0.3) is 0 Å². The summed E-state index contributed by atoms with van der Waals surface area (Å²) in [6.45, 7) is -1.92. The molecular formula is C7H14O5. The maximum atomic E-state index is 11.5. The molecule has 72 valence electrons. The average molecular weight is 188 g/mol. The van der Waals surface area contributed by atoms with E-state index in [-0.39, 0.29) is 0 Å². The molecule has 0 radical (unpaired) electrons. The van der Waals surface area contributed by atoms with Crippen molar-refractivity contribution in [2.24, 2.45) is 0 Å². The van der Waals surface area contributed by atoms with Crippen LogP contribution < -0.4 is 0 Å². The number of Topliss-reactive ketones (excluding diaryl/α,β-unsaturated/α-hetero) is 1. The first-order valence-corrected chi connectivity index (χ1v) is 2.81. The van der Waals surface area contributed by atoms with Crippen molar-refractivity contribution < 1.29 is 33.5 Å². The minimum absolute atomic E-state index is 0.639. The van der Waals surface area contributed by atoms with E-state index < -0.39 is 37.0 Å². The lowest BCUT2D eigenvalue weighted by atomic mass is 10.0. The van der Waals surface area contributed by atoms with Crippen LogP contribution in [-0.2, 0) is 4.79 Å². The van der Waals surface area contributed by atoms with E-state index in [4.69, 9.17) is 13.9 Å². The molecule has 0 spiro atoms. The lowest BCUT2D eigenvalue weighted by Gasteiger charge is -2.22. The fourth-order valence-electron chi connectivity index (χ4n) is 0.375. The molecule has 5 heteroatoms. The summed E-state index contributed by atoms with van der Waals surface area (Å²) in [5.74, 6) is -1.43. The van der Waals surface area contributed by atoms with Crippen molar-refractivity contribution in [1.29, 1.82) is 5.72 Å². The molecule has 0 saturated heterocycles. The lowest BCUT2D eigenvalue weighted by Crippen LogP contribution is -2.46. The first-order chi connectivity index (χ1) is 9.88. The number of hydrogen-bond donors (Lipinski definition) is 4. The highest BCUT2D eigenvalue weighted by molar-refractivity contribution is 5.80. The van der Waals surface area contributed by atoms with Crippen LogP contribution in [0.1, 0.15) is 22.0 Å². The van der Waals surface area contributed by atoms with E-state index in [1.54, 1.807) is 0 Å². The van der Waals surface area contributed by atoms with Gasteiger partial charge in [0.15, 0.2) is 5.78 Å². The molecule has 0 fully saturated rings. The summed E-state index contributed by atoms with van der Waals surface area (Å²) in [7, 11) is 0. The predicted molar refractivity (Wildman–Crippen MR) is 40.4 cm³/mol. The third-order valence-electron chi connectivity index (χ3n) is 0.956. The minimum atomic E-state index is -3.76. The Hall–Kier alpha value is -0.490.